The van der Waals surface area contributed by atoms with Crippen molar-refractivity contribution in [2.45, 2.75) is 18.4 Å². The van der Waals surface area contributed by atoms with E-state index >= 15 is 0 Å². The number of nitrogens with one attached hydrogen (secondary N) is 1. The summed E-state index contributed by atoms with van der Waals surface area (Å²) in [7, 11) is -3.68. The van der Waals surface area contributed by atoms with E-state index in [1.807, 2.05) is 24.3 Å². The van der Waals surface area contributed by atoms with Gasteiger partial charge < -0.3 is 0 Å². The Labute approximate surface area is 146 Å². The van der Waals surface area contributed by atoms with Crippen molar-refractivity contribution in [1.29, 1.82) is 0 Å². The maximum Gasteiger partial charge on any atom is 0.240 e. The number of nitrogens with zero attached hydrogens (tertiary/aromatic N) is 2. The summed E-state index contributed by atoms with van der Waals surface area (Å²) in [6, 6.07) is 15.1. The standard InChI is InChI=1S/C18H17N3O3S/c1-14(22)15-7-9-17(10-8-15)25(23,24)20-13-16-5-2-3-6-18(16)21-12-4-11-19-21/h2-12,20H,13H2,1H3. The van der Waals surface area contributed by atoms with Crippen LogP contribution in [0.5, 0.6) is 0 Å². The van der Waals surface area contributed by atoms with Gasteiger partial charge in [0.1, 0.15) is 0 Å². The number of hydrogen-bond acceptors (Lipinski definition) is 4. The van der Waals surface area contributed by atoms with E-state index in [2.05, 4.69) is 9.82 Å². The number of aromatic nitrogens is 2. The van der Waals surface area contributed by atoms with Crippen molar-refractivity contribution < 1.29 is 13.2 Å². The first-order chi connectivity index (χ1) is 12.0. The molecule has 128 valence electrons. The van der Waals surface area contributed by atoms with E-state index in [1.165, 1.54) is 31.2 Å². The SMILES string of the molecule is CC(=O)c1ccc(S(=O)(=O)NCc2ccccc2-n2cccn2)cc1. The molecule has 0 unspecified atom stereocenters. The van der Waals surface area contributed by atoms with Crippen molar-refractivity contribution in [2.24, 2.45) is 0 Å². The number of hydrogen-bond donors (Lipinski definition) is 1. The predicted molar refractivity (Wildman–Crippen MR) is 94.0 cm³/mol. The summed E-state index contributed by atoms with van der Waals surface area (Å²) in [6.07, 6.45) is 3.46. The summed E-state index contributed by atoms with van der Waals surface area (Å²) in [5, 5.41) is 4.18. The zero-order valence-corrected chi connectivity index (χ0v) is 14.4. The molecule has 1 aromatic heterocycles. The van der Waals surface area contributed by atoms with Crippen LogP contribution in [0, 0.1) is 0 Å². The molecule has 0 saturated heterocycles. The Balaban J connectivity index is 1.80. The third kappa shape index (κ3) is 3.84. The molecule has 7 heteroatoms. The normalized spacial score (nSPS) is 11.4. The molecule has 2 aromatic carbocycles. The minimum atomic E-state index is -3.68. The van der Waals surface area contributed by atoms with Crippen molar-refractivity contribution in [3.63, 3.8) is 0 Å². The van der Waals surface area contributed by atoms with Crippen LogP contribution in [0.3, 0.4) is 0 Å². The Morgan fingerprint density at radius 3 is 2.44 bits per heavy atom. The van der Waals surface area contributed by atoms with Crippen LogP contribution in [0.4, 0.5) is 0 Å². The summed E-state index contributed by atoms with van der Waals surface area (Å²) >= 11 is 0. The van der Waals surface area contributed by atoms with Crippen LogP contribution in [0.15, 0.2) is 71.9 Å². The lowest BCUT2D eigenvalue weighted by Crippen LogP contribution is -2.24. The Bertz CT molecular complexity index is 979. The summed E-state index contributed by atoms with van der Waals surface area (Å²) in [4.78, 5) is 11.4. The molecule has 0 saturated carbocycles. The topological polar surface area (TPSA) is 81.1 Å². The van der Waals surface area contributed by atoms with Crippen LogP contribution >= 0.6 is 0 Å². The van der Waals surface area contributed by atoms with Crippen LogP contribution in [0.25, 0.3) is 5.69 Å². The molecule has 6 nitrogen and oxygen atoms in total. The number of carbonyl (C=O) groups excluding carboxylic acids is 1. The average Bonchev–Trinajstić information content (AvgIpc) is 3.15. The third-order valence-electron chi connectivity index (χ3n) is 3.77. The first kappa shape index (κ1) is 17.1. The number of sulfonamides is 1. The Morgan fingerprint density at radius 1 is 1.08 bits per heavy atom. The molecular weight excluding hydrogens is 338 g/mol. The van der Waals surface area contributed by atoms with E-state index in [4.69, 9.17) is 0 Å². The van der Waals surface area contributed by atoms with Gasteiger partial charge in [0, 0.05) is 24.5 Å². The molecule has 1 heterocycles. The van der Waals surface area contributed by atoms with E-state index in [-0.39, 0.29) is 17.2 Å². The van der Waals surface area contributed by atoms with Crippen molar-refractivity contribution in [3.8, 4) is 5.69 Å². The number of rotatable bonds is 6. The maximum absolute atomic E-state index is 12.5. The second-order valence-corrected chi connectivity index (χ2v) is 7.25. The summed E-state index contributed by atoms with van der Waals surface area (Å²) in [6.45, 7) is 1.57. The van der Waals surface area contributed by atoms with Gasteiger partial charge in [-0.2, -0.15) is 5.10 Å². The van der Waals surface area contributed by atoms with Crippen molar-refractivity contribution in [2.75, 3.05) is 0 Å². The molecule has 1 N–H and O–H groups in total. The highest BCUT2D eigenvalue weighted by atomic mass is 32.2. The lowest BCUT2D eigenvalue weighted by Gasteiger charge is -2.11. The van der Waals surface area contributed by atoms with Gasteiger partial charge in [0.15, 0.2) is 5.78 Å². The summed E-state index contributed by atoms with van der Waals surface area (Å²) in [5.74, 6) is -0.106. The fourth-order valence-electron chi connectivity index (χ4n) is 2.42. The van der Waals surface area contributed by atoms with Gasteiger partial charge in [-0.1, -0.05) is 30.3 Å². The maximum atomic E-state index is 12.5. The van der Waals surface area contributed by atoms with Gasteiger partial charge in [-0.3, -0.25) is 4.79 Å². The average molecular weight is 355 g/mol. The quantitative estimate of drug-likeness (QED) is 0.689. The smallest absolute Gasteiger partial charge is 0.240 e. The number of benzene rings is 2. The van der Waals surface area contributed by atoms with Crippen molar-refractivity contribution >= 4 is 15.8 Å². The molecule has 0 bridgehead atoms. The molecule has 3 aromatic rings. The van der Waals surface area contributed by atoms with Gasteiger partial charge in [0.25, 0.3) is 0 Å². The lowest BCUT2D eigenvalue weighted by atomic mass is 10.2. The first-order valence-corrected chi connectivity index (χ1v) is 9.14. The monoisotopic (exact) mass is 355 g/mol. The van der Waals surface area contributed by atoms with Gasteiger partial charge in [-0.05, 0) is 36.8 Å². The largest absolute Gasteiger partial charge is 0.295 e. The number of carbonyl (C=O) groups is 1. The van der Waals surface area contributed by atoms with Gasteiger partial charge in [-0.25, -0.2) is 17.8 Å². The number of para-hydroxylation sites is 1. The van der Waals surface area contributed by atoms with E-state index in [9.17, 15) is 13.2 Å². The van der Waals surface area contributed by atoms with E-state index in [0.29, 0.717) is 5.56 Å². The molecular formula is C18H17N3O3S. The Hall–Kier alpha value is -2.77. The second kappa shape index (κ2) is 7.00. The van der Waals surface area contributed by atoms with Gasteiger partial charge in [0.2, 0.25) is 10.0 Å². The van der Waals surface area contributed by atoms with Crippen molar-refractivity contribution in [3.05, 3.63) is 78.1 Å². The highest BCUT2D eigenvalue weighted by Crippen LogP contribution is 2.16. The highest BCUT2D eigenvalue weighted by Gasteiger charge is 2.15. The molecule has 0 aliphatic heterocycles. The first-order valence-electron chi connectivity index (χ1n) is 7.66. The van der Waals surface area contributed by atoms with Gasteiger partial charge >= 0.3 is 0 Å². The molecule has 0 spiro atoms. The fourth-order valence-corrected chi connectivity index (χ4v) is 3.43. The zero-order valence-electron chi connectivity index (χ0n) is 13.6. The second-order valence-electron chi connectivity index (χ2n) is 5.48. The lowest BCUT2D eigenvalue weighted by molar-refractivity contribution is 0.101. The Morgan fingerprint density at radius 2 is 1.80 bits per heavy atom. The van der Waals surface area contributed by atoms with E-state index in [1.54, 1.807) is 23.1 Å². The summed E-state index contributed by atoms with van der Waals surface area (Å²) in [5.41, 5.74) is 2.08. The summed E-state index contributed by atoms with van der Waals surface area (Å²) < 4.78 is 29.2. The van der Waals surface area contributed by atoms with Crippen LogP contribution in [0.2, 0.25) is 0 Å². The molecule has 0 atom stereocenters. The van der Waals surface area contributed by atoms with Crippen LogP contribution in [-0.4, -0.2) is 24.0 Å². The molecule has 25 heavy (non-hydrogen) atoms. The number of ketones is 1. The minimum absolute atomic E-state index is 0.106. The molecule has 0 fully saturated rings. The number of Topliss-reactive ketones (excluding diaryl/α,β-unsaturated/α-hetero) is 1. The third-order valence-corrected chi connectivity index (χ3v) is 5.18. The molecule has 0 aliphatic carbocycles. The molecule has 0 radical (unpaired) electrons. The van der Waals surface area contributed by atoms with E-state index in [0.717, 1.165) is 11.3 Å². The zero-order chi connectivity index (χ0) is 17.9. The molecule has 0 amide bonds. The highest BCUT2D eigenvalue weighted by molar-refractivity contribution is 7.89. The predicted octanol–water partition coefficient (Wildman–Crippen LogP) is 2.55. The molecule has 3 rings (SSSR count). The minimum Gasteiger partial charge on any atom is -0.295 e. The van der Waals surface area contributed by atoms with Gasteiger partial charge in [-0.15, -0.1) is 0 Å². The van der Waals surface area contributed by atoms with Crippen LogP contribution in [-0.2, 0) is 16.6 Å². The van der Waals surface area contributed by atoms with Crippen LogP contribution < -0.4 is 4.72 Å². The van der Waals surface area contributed by atoms with Crippen molar-refractivity contribution in [1.82, 2.24) is 14.5 Å². The van der Waals surface area contributed by atoms with E-state index < -0.39 is 10.0 Å². The fraction of sp³-hybridized carbons (Fsp3) is 0.111. The Kier molecular flexibility index (Phi) is 4.78. The molecule has 0 aliphatic rings. The van der Waals surface area contributed by atoms with Crippen LogP contribution in [0.1, 0.15) is 22.8 Å². The van der Waals surface area contributed by atoms with Gasteiger partial charge in [0.05, 0.1) is 10.6 Å².